The second-order valence-electron chi connectivity index (χ2n) is 10.6. The molecule has 0 radical (unpaired) electrons. The third-order valence-electron chi connectivity index (χ3n) is 6.27. The number of carboxylic acid groups (broad SMARTS) is 1. The van der Waals surface area contributed by atoms with Gasteiger partial charge in [-0.2, -0.15) is 5.10 Å². The van der Waals surface area contributed by atoms with Gasteiger partial charge in [-0.3, -0.25) is 14.8 Å². The second-order valence-corrected chi connectivity index (χ2v) is 11.6. The molecule has 3 aromatic rings. The predicted octanol–water partition coefficient (Wildman–Crippen LogP) is 4.02. The van der Waals surface area contributed by atoms with Crippen molar-refractivity contribution >= 4 is 45.9 Å². The van der Waals surface area contributed by atoms with Crippen molar-refractivity contribution in [2.75, 3.05) is 28.6 Å². The number of carbonyl (C=O) groups excluding carboxylic acids is 2. The molecule has 1 saturated heterocycles. The van der Waals surface area contributed by atoms with Gasteiger partial charge in [0.1, 0.15) is 32.9 Å². The normalized spacial score (nSPS) is 17.4. The number of ether oxygens (including phenoxy) is 1. The van der Waals surface area contributed by atoms with E-state index >= 15 is 0 Å². The van der Waals surface area contributed by atoms with E-state index in [1.807, 2.05) is 4.90 Å². The highest BCUT2D eigenvalue weighted by Gasteiger charge is 2.30. The van der Waals surface area contributed by atoms with Crippen LogP contribution in [0.1, 0.15) is 44.1 Å². The number of nitrogens with one attached hydrogen (secondary N) is 3. The molecule has 4 rings (SSSR count). The first kappa shape index (κ1) is 30.6. The van der Waals surface area contributed by atoms with Gasteiger partial charge in [0.2, 0.25) is 0 Å². The molecule has 226 valence electrons. The fourth-order valence-electron chi connectivity index (χ4n) is 4.47. The van der Waals surface area contributed by atoms with Gasteiger partial charge in [-0.25, -0.2) is 23.4 Å². The molecule has 0 aliphatic carbocycles. The van der Waals surface area contributed by atoms with Crippen LogP contribution in [0.3, 0.4) is 0 Å². The number of thiazole rings is 1. The summed E-state index contributed by atoms with van der Waals surface area (Å²) in [6.45, 7) is 5.62. The Hall–Kier alpha value is -4.31. The number of aliphatic hydroxyl groups excluding tert-OH is 1. The first-order valence-corrected chi connectivity index (χ1v) is 13.8. The summed E-state index contributed by atoms with van der Waals surface area (Å²) >= 11 is 0.702. The van der Waals surface area contributed by atoms with Gasteiger partial charge in [0.15, 0.2) is 11.5 Å². The molecule has 1 aliphatic rings. The third kappa shape index (κ3) is 7.12. The summed E-state index contributed by atoms with van der Waals surface area (Å²) in [5.74, 6) is -2.11. The van der Waals surface area contributed by atoms with E-state index in [1.54, 1.807) is 27.8 Å². The SMILES string of the molecule is Cn1ncc(NC(=O)c2nc(-c3c(F)cccc3F)sc2NC(=O)OC(C)(C)C)c1N1CC[C@@H](O)[C@@H](NC(=O)O)CC1. The van der Waals surface area contributed by atoms with Crippen molar-refractivity contribution in [3.05, 3.63) is 41.7 Å². The number of aliphatic hydroxyl groups is 1. The first-order chi connectivity index (χ1) is 19.7. The van der Waals surface area contributed by atoms with E-state index in [4.69, 9.17) is 9.84 Å². The molecule has 0 saturated carbocycles. The van der Waals surface area contributed by atoms with E-state index in [9.17, 15) is 28.3 Å². The van der Waals surface area contributed by atoms with Gasteiger partial charge in [0.05, 0.1) is 23.9 Å². The number of hydrogen-bond acceptors (Lipinski definition) is 9. The molecule has 2 aromatic heterocycles. The van der Waals surface area contributed by atoms with Crippen LogP contribution < -0.4 is 20.9 Å². The number of benzene rings is 1. The standard InChI is InChI=1S/C26H31F2N7O6S/c1-26(2,3)41-25(40)33-22-19(32-21(42-22)18-13(27)6-5-7-14(18)28)20(37)30-16-12-29-34(4)23(16)35-10-8-15(31-24(38)39)17(36)9-11-35/h5-7,12,15,17,31,36H,8-11H2,1-4H3,(H,30,37)(H,33,40)(H,38,39)/t15-,17+/m0/s1. The van der Waals surface area contributed by atoms with E-state index in [2.05, 4.69) is 26.0 Å². The number of carbonyl (C=O) groups is 3. The van der Waals surface area contributed by atoms with Gasteiger partial charge < -0.3 is 30.5 Å². The van der Waals surface area contributed by atoms with Crippen LogP contribution in [0, 0.1) is 11.6 Å². The number of rotatable bonds is 6. The van der Waals surface area contributed by atoms with Crippen LogP contribution in [0.15, 0.2) is 24.4 Å². The molecule has 2 atom stereocenters. The van der Waals surface area contributed by atoms with Gasteiger partial charge in [-0.15, -0.1) is 0 Å². The number of hydrogen-bond donors (Lipinski definition) is 5. The Morgan fingerprint density at radius 3 is 2.43 bits per heavy atom. The monoisotopic (exact) mass is 607 g/mol. The molecule has 1 aliphatic heterocycles. The van der Waals surface area contributed by atoms with Gasteiger partial charge >= 0.3 is 12.2 Å². The average Bonchev–Trinajstić information content (AvgIpc) is 3.39. The Morgan fingerprint density at radius 1 is 1.12 bits per heavy atom. The summed E-state index contributed by atoms with van der Waals surface area (Å²) in [5, 5.41) is 30.9. The number of halogens is 2. The number of nitrogens with zero attached hydrogens (tertiary/aromatic N) is 4. The molecule has 0 unspecified atom stereocenters. The summed E-state index contributed by atoms with van der Waals surface area (Å²) < 4.78 is 35.9. The third-order valence-corrected chi connectivity index (χ3v) is 7.25. The molecular weight excluding hydrogens is 576 g/mol. The highest BCUT2D eigenvalue weighted by molar-refractivity contribution is 7.19. The zero-order valence-electron chi connectivity index (χ0n) is 23.3. The largest absolute Gasteiger partial charge is 0.465 e. The molecule has 1 fully saturated rings. The first-order valence-electron chi connectivity index (χ1n) is 12.9. The topological polar surface area (TPSA) is 171 Å². The van der Waals surface area contributed by atoms with Gasteiger partial charge in [0, 0.05) is 20.1 Å². The lowest BCUT2D eigenvalue weighted by Gasteiger charge is -2.24. The number of amides is 3. The molecule has 13 nitrogen and oxygen atoms in total. The Labute approximate surface area is 243 Å². The quantitative estimate of drug-likeness (QED) is 0.278. The Balaban J connectivity index is 1.64. The van der Waals surface area contributed by atoms with Gasteiger partial charge in [-0.05, 0) is 45.7 Å². The predicted molar refractivity (Wildman–Crippen MR) is 151 cm³/mol. The van der Waals surface area contributed by atoms with Crippen LogP contribution in [0.5, 0.6) is 0 Å². The maximum absolute atomic E-state index is 14.6. The van der Waals surface area contributed by atoms with Crippen molar-refractivity contribution in [1.29, 1.82) is 0 Å². The molecule has 1 aromatic carbocycles. The Morgan fingerprint density at radius 2 is 1.79 bits per heavy atom. The van der Waals surface area contributed by atoms with Gasteiger partial charge in [-0.1, -0.05) is 17.4 Å². The zero-order valence-corrected chi connectivity index (χ0v) is 24.1. The van der Waals surface area contributed by atoms with E-state index in [1.165, 1.54) is 16.9 Å². The van der Waals surface area contributed by atoms with Crippen molar-refractivity contribution in [2.45, 2.75) is 51.4 Å². The zero-order chi connectivity index (χ0) is 30.8. The Bertz CT molecular complexity index is 1470. The van der Waals surface area contributed by atoms with E-state index in [0.29, 0.717) is 36.7 Å². The van der Waals surface area contributed by atoms with Crippen molar-refractivity contribution in [3.63, 3.8) is 0 Å². The lowest BCUT2D eigenvalue weighted by molar-refractivity contribution is 0.0636. The molecule has 3 heterocycles. The van der Waals surface area contributed by atoms with E-state index in [0.717, 1.165) is 12.1 Å². The average molecular weight is 608 g/mol. The molecule has 16 heteroatoms. The van der Waals surface area contributed by atoms with Crippen molar-refractivity contribution in [2.24, 2.45) is 7.05 Å². The summed E-state index contributed by atoms with van der Waals surface area (Å²) in [6.07, 6.45) is -1.11. The minimum Gasteiger partial charge on any atom is -0.465 e. The molecule has 3 amide bonds. The van der Waals surface area contributed by atoms with Crippen LogP contribution >= 0.6 is 11.3 Å². The molecular formula is C26H31F2N7O6S. The van der Waals surface area contributed by atoms with Crippen LogP contribution in [0.25, 0.3) is 10.6 Å². The van der Waals surface area contributed by atoms with Crippen LogP contribution in [-0.2, 0) is 11.8 Å². The summed E-state index contributed by atoms with van der Waals surface area (Å²) in [6, 6.07) is 2.63. The lowest BCUT2D eigenvalue weighted by atomic mass is 10.1. The molecule has 0 bridgehead atoms. The summed E-state index contributed by atoms with van der Waals surface area (Å²) in [7, 11) is 1.65. The van der Waals surface area contributed by atoms with Crippen molar-refractivity contribution in [3.8, 4) is 10.6 Å². The molecule has 42 heavy (non-hydrogen) atoms. The van der Waals surface area contributed by atoms with E-state index in [-0.39, 0.29) is 27.8 Å². The minimum absolute atomic E-state index is 0.0923. The maximum Gasteiger partial charge on any atom is 0.412 e. The smallest absolute Gasteiger partial charge is 0.412 e. The molecule has 0 spiro atoms. The minimum atomic E-state index is -1.24. The highest BCUT2D eigenvalue weighted by atomic mass is 32.1. The maximum atomic E-state index is 14.6. The summed E-state index contributed by atoms with van der Waals surface area (Å²) in [5.41, 5.74) is -1.36. The van der Waals surface area contributed by atoms with Crippen LogP contribution in [0.4, 0.5) is 34.9 Å². The van der Waals surface area contributed by atoms with Crippen molar-refractivity contribution in [1.82, 2.24) is 20.1 Å². The van der Waals surface area contributed by atoms with Gasteiger partial charge in [0.25, 0.3) is 5.91 Å². The molecule has 5 N–H and O–H groups in total. The van der Waals surface area contributed by atoms with Crippen LogP contribution in [0.2, 0.25) is 0 Å². The second kappa shape index (κ2) is 12.3. The summed E-state index contributed by atoms with van der Waals surface area (Å²) in [4.78, 5) is 43.2. The number of anilines is 3. The lowest BCUT2D eigenvalue weighted by Crippen LogP contribution is -2.42. The Kier molecular flexibility index (Phi) is 8.96. The van der Waals surface area contributed by atoms with Crippen LogP contribution in [-0.4, -0.2) is 73.9 Å². The fourth-order valence-corrected chi connectivity index (χ4v) is 5.46. The number of aromatic nitrogens is 3. The number of aryl methyl sites for hydroxylation is 1. The van der Waals surface area contributed by atoms with Crippen molar-refractivity contribution < 1.29 is 38.1 Å². The highest BCUT2D eigenvalue weighted by Crippen LogP contribution is 2.36. The fraction of sp³-hybridized carbons (Fsp3) is 0.423. The van der Waals surface area contributed by atoms with E-state index < -0.39 is 53.0 Å².